The number of nitriles is 1. The topological polar surface area (TPSA) is 82.5 Å². The van der Waals surface area contributed by atoms with E-state index in [1.807, 2.05) is 0 Å². The monoisotopic (exact) mass is 317 g/mol. The average Bonchev–Trinajstić information content (AvgIpc) is 2.52. The third kappa shape index (κ3) is 4.60. The molecule has 1 unspecified atom stereocenters. The number of hydrogen-bond donors (Lipinski definition) is 2. The lowest BCUT2D eigenvalue weighted by Gasteiger charge is -2.39. The van der Waals surface area contributed by atoms with Crippen molar-refractivity contribution in [3.05, 3.63) is 23.8 Å². The minimum absolute atomic E-state index is 0.172. The summed E-state index contributed by atoms with van der Waals surface area (Å²) in [6, 6.07) is 7.53. The number of benzene rings is 1. The van der Waals surface area contributed by atoms with Crippen LogP contribution >= 0.6 is 0 Å². The van der Waals surface area contributed by atoms with Crippen LogP contribution in [0.2, 0.25) is 0 Å². The van der Waals surface area contributed by atoms with Crippen LogP contribution < -0.4 is 10.5 Å². The molecule has 1 aliphatic heterocycles. The molecular formula is C18H27N3O2. The number of aliphatic hydroxyl groups is 1. The number of rotatable bonds is 6. The zero-order valence-corrected chi connectivity index (χ0v) is 14.0. The van der Waals surface area contributed by atoms with Crippen LogP contribution in [-0.4, -0.2) is 35.4 Å². The van der Waals surface area contributed by atoms with E-state index < -0.39 is 6.23 Å². The van der Waals surface area contributed by atoms with Crippen LogP contribution in [0.1, 0.15) is 45.1 Å². The number of nitrogens with zero attached hydrogens (tertiary/aromatic N) is 2. The summed E-state index contributed by atoms with van der Waals surface area (Å²) in [6.07, 6.45) is 3.58. The molecule has 23 heavy (non-hydrogen) atoms. The highest BCUT2D eigenvalue weighted by molar-refractivity contribution is 5.60. The summed E-state index contributed by atoms with van der Waals surface area (Å²) in [6.45, 7) is 5.59. The number of hydrogen-bond acceptors (Lipinski definition) is 5. The molecule has 1 fully saturated rings. The van der Waals surface area contributed by atoms with Crippen molar-refractivity contribution < 1.29 is 9.84 Å². The molecule has 0 radical (unpaired) electrons. The van der Waals surface area contributed by atoms with Gasteiger partial charge < -0.3 is 15.6 Å². The van der Waals surface area contributed by atoms with Gasteiger partial charge in [-0.1, -0.05) is 26.3 Å². The van der Waals surface area contributed by atoms with Crippen LogP contribution in [0.3, 0.4) is 0 Å². The van der Waals surface area contributed by atoms with Gasteiger partial charge in [-0.05, 0) is 37.3 Å². The maximum Gasteiger partial charge on any atom is 0.139 e. The third-order valence-electron chi connectivity index (χ3n) is 4.34. The van der Waals surface area contributed by atoms with Crippen molar-refractivity contribution in [2.45, 2.75) is 51.8 Å². The Labute approximate surface area is 138 Å². The average molecular weight is 317 g/mol. The second-order valence-electron chi connectivity index (χ2n) is 6.64. The molecular weight excluding hydrogens is 290 g/mol. The minimum atomic E-state index is -0.430. The van der Waals surface area contributed by atoms with Crippen molar-refractivity contribution in [1.29, 1.82) is 5.26 Å². The molecule has 2 atom stereocenters. The highest BCUT2D eigenvalue weighted by atomic mass is 16.5. The Morgan fingerprint density at radius 1 is 1.43 bits per heavy atom. The molecule has 0 aromatic heterocycles. The summed E-state index contributed by atoms with van der Waals surface area (Å²) in [4.78, 5) is 2.14. The molecule has 0 bridgehead atoms. The van der Waals surface area contributed by atoms with Crippen molar-refractivity contribution in [1.82, 2.24) is 4.90 Å². The molecule has 126 valence electrons. The molecule has 5 nitrogen and oxygen atoms in total. The van der Waals surface area contributed by atoms with E-state index in [-0.39, 0.29) is 6.04 Å². The maximum atomic E-state index is 10.5. The Kier molecular flexibility index (Phi) is 6.26. The SMILES string of the molecule is CC(C)CC(O)N1CCCC[C@H]1COc1cccc(N)c1C#N. The van der Waals surface area contributed by atoms with Crippen molar-refractivity contribution >= 4 is 5.69 Å². The van der Waals surface area contributed by atoms with Gasteiger partial charge in [0.15, 0.2) is 0 Å². The summed E-state index contributed by atoms with van der Waals surface area (Å²) in [7, 11) is 0. The van der Waals surface area contributed by atoms with E-state index in [9.17, 15) is 10.4 Å². The lowest BCUT2D eigenvalue weighted by molar-refractivity contribution is -0.0614. The van der Waals surface area contributed by atoms with E-state index in [4.69, 9.17) is 10.5 Å². The highest BCUT2D eigenvalue weighted by Crippen LogP contribution is 2.26. The van der Waals surface area contributed by atoms with Gasteiger partial charge in [-0.3, -0.25) is 4.90 Å². The third-order valence-corrected chi connectivity index (χ3v) is 4.34. The quantitative estimate of drug-likeness (QED) is 0.788. The van der Waals surface area contributed by atoms with Gasteiger partial charge >= 0.3 is 0 Å². The van der Waals surface area contributed by atoms with E-state index in [0.29, 0.717) is 29.5 Å². The van der Waals surface area contributed by atoms with E-state index in [1.54, 1.807) is 18.2 Å². The Morgan fingerprint density at radius 3 is 2.91 bits per heavy atom. The number of aliphatic hydroxyl groups excluding tert-OH is 1. The molecule has 1 aliphatic rings. The van der Waals surface area contributed by atoms with Crippen LogP contribution in [-0.2, 0) is 0 Å². The lowest BCUT2D eigenvalue weighted by atomic mass is 10.00. The van der Waals surface area contributed by atoms with Gasteiger partial charge in [-0.25, -0.2) is 0 Å². The zero-order chi connectivity index (χ0) is 16.8. The van der Waals surface area contributed by atoms with E-state index in [2.05, 4.69) is 24.8 Å². The molecule has 1 aromatic carbocycles. The largest absolute Gasteiger partial charge is 0.490 e. The van der Waals surface area contributed by atoms with Crippen LogP contribution in [0.25, 0.3) is 0 Å². The number of piperidine rings is 1. The van der Waals surface area contributed by atoms with Crippen LogP contribution in [0.4, 0.5) is 5.69 Å². The van der Waals surface area contributed by atoms with Gasteiger partial charge in [0.2, 0.25) is 0 Å². The van der Waals surface area contributed by atoms with Crippen LogP contribution in [0.15, 0.2) is 18.2 Å². The first-order valence-corrected chi connectivity index (χ1v) is 8.38. The smallest absolute Gasteiger partial charge is 0.139 e. The normalized spacial score (nSPS) is 20.2. The van der Waals surface area contributed by atoms with Gasteiger partial charge in [0, 0.05) is 12.6 Å². The van der Waals surface area contributed by atoms with Gasteiger partial charge in [0.25, 0.3) is 0 Å². The van der Waals surface area contributed by atoms with Crippen LogP contribution in [0, 0.1) is 17.2 Å². The molecule has 0 saturated carbocycles. The van der Waals surface area contributed by atoms with Crippen molar-refractivity contribution in [3.63, 3.8) is 0 Å². The predicted octanol–water partition coefficient (Wildman–Crippen LogP) is 2.74. The summed E-state index contributed by atoms with van der Waals surface area (Å²) in [5.74, 6) is 0.976. The van der Waals surface area contributed by atoms with E-state index >= 15 is 0 Å². The Morgan fingerprint density at radius 2 is 2.22 bits per heavy atom. The second-order valence-corrected chi connectivity index (χ2v) is 6.64. The number of nitrogens with two attached hydrogens (primary N) is 1. The molecule has 0 amide bonds. The van der Waals surface area contributed by atoms with Crippen molar-refractivity contribution in [3.8, 4) is 11.8 Å². The number of ether oxygens (including phenoxy) is 1. The fraction of sp³-hybridized carbons (Fsp3) is 0.611. The molecule has 2 rings (SSSR count). The fourth-order valence-electron chi connectivity index (χ4n) is 3.13. The van der Waals surface area contributed by atoms with Crippen molar-refractivity contribution in [2.24, 2.45) is 5.92 Å². The number of anilines is 1. The highest BCUT2D eigenvalue weighted by Gasteiger charge is 2.28. The summed E-state index contributed by atoms with van der Waals surface area (Å²) in [5, 5.41) is 19.7. The predicted molar refractivity (Wildman–Crippen MR) is 90.9 cm³/mol. The molecule has 1 saturated heterocycles. The van der Waals surface area contributed by atoms with E-state index in [1.165, 1.54) is 0 Å². The minimum Gasteiger partial charge on any atom is -0.490 e. The van der Waals surface area contributed by atoms with Gasteiger partial charge in [-0.2, -0.15) is 5.26 Å². The molecule has 1 aromatic rings. The molecule has 1 heterocycles. The zero-order valence-electron chi connectivity index (χ0n) is 14.0. The summed E-state index contributed by atoms with van der Waals surface area (Å²) >= 11 is 0. The van der Waals surface area contributed by atoms with Gasteiger partial charge in [-0.15, -0.1) is 0 Å². The second kappa shape index (κ2) is 8.19. The summed E-state index contributed by atoms with van der Waals surface area (Å²) < 4.78 is 5.88. The number of likely N-dealkylation sites (tertiary alicyclic amines) is 1. The standard InChI is InChI=1S/C18H27N3O2/c1-13(2)10-18(22)21-9-4-3-6-14(21)12-23-17-8-5-7-16(20)15(17)11-19/h5,7-8,13-14,18,22H,3-4,6,9-10,12,20H2,1-2H3/t14-,18?/m0/s1. The first kappa shape index (κ1) is 17.6. The number of nitrogen functional groups attached to an aromatic ring is 1. The Balaban J connectivity index is 2.03. The molecule has 0 spiro atoms. The summed E-state index contributed by atoms with van der Waals surface area (Å²) in [5.41, 5.74) is 6.64. The Bertz CT molecular complexity index is 554. The molecule has 0 aliphatic carbocycles. The first-order chi connectivity index (χ1) is 11.0. The van der Waals surface area contributed by atoms with Gasteiger partial charge in [0.05, 0.1) is 5.69 Å². The maximum absolute atomic E-state index is 10.5. The lowest BCUT2D eigenvalue weighted by Crippen LogP contribution is -2.49. The molecule has 3 N–H and O–H groups in total. The fourth-order valence-corrected chi connectivity index (χ4v) is 3.13. The van der Waals surface area contributed by atoms with Gasteiger partial charge in [0.1, 0.15) is 30.2 Å². The van der Waals surface area contributed by atoms with Crippen LogP contribution in [0.5, 0.6) is 5.75 Å². The van der Waals surface area contributed by atoms with E-state index in [0.717, 1.165) is 32.2 Å². The Hall–Kier alpha value is -1.77. The van der Waals surface area contributed by atoms with Crippen molar-refractivity contribution in [2.75, 3.05) is 18.9 Å². The molecule has 5 heteroatoms. The first-order valence-electron chi connectivity index (χ1n) is 8.38.